The third-order valence-corrected chi connectivity index (χ3v) is 9.04. The Balaban J connectivity index is 1.62. The average Bonchev–Trinajstić information content (AvgIpc) is 2.83. The van der Waals surface area contributed by atoms with Crippen LogP contribution in [0.15, 0.2) is 70.5 Å². The molecule has 0 aliphatic rings. The van der Waals surface area contributed by atoms with Gasteiger partial charge in [-0.15, -0.1) is 0 Å². The first-order valence-electron chi connectivity index (χ1n) is 11.1. The van der Waals surface area contributed by atoms with Gasteiger partial charge in [-0.25, -0.2) is 21.1 Å². The van der Waals surface area contributed by atoms with Crippen molar-refractivity contribution in [3.05, 3.63) is 82.4 Å². The van der Waals surface area contributed by atoms with E-state index in [1.165, 1.54) is 56.6 Å². The molecule has 0 saturated heterocycles. The highest BCUT2D eigenvalue weighted by atomic mass is 35.5. The van der Waals surface area contributed by atoms with Crippen LogP contribution in [0.5, 0.6) is 5.75 Å². The summed E-state index contributed by atoms with van der Waals surface area (Å²) in [5, 5.41) is 2.64. The number of anilines is 1. The first kappa shape index (κ1) is 28.5. The summed E-state index contributed by atoms with van der Waals surface area (Å²) in [5.41, 5.74) is 2.28. The first-order valence-corrected chi connectivity index (χ1v) is 14.4. The van der Waals surface area contributed by atoms with E-state index >= 15 is 0 Å². The fraction of sp³-hybridized carbons (Fsp3) is 0.240. The largest absolute Gasteiger partial charge is 0.492 e. The van der Waals surface area contributed by atoms with Crippen molar-refractivity contribution in [1.82, 2.24) is 9.62 Å². The van der Waals surface area contributed by atoms with Gasteiger partial charge in [0.15, 0.2) is 0 Å². The molecule has 0 heterocycles. The van der Waals surface area contributed by atoms with Crippen molar-refractivity contribution < 1.29 is 26.4 Å². The van der Waals surface area contributed by atoms with E-state index in [1.807, 2.05) is 13.0 Å². The molecule has 0 aromatic heterocycles. The number of nitrogens with one attached hydrogen (secondary N) is 2. The summed E-state index contributed by atoms with van der Waals surface area (Å²) >= 11 is 6.16. The number of nitrogens with zero attached hydrogens (tertiary/aromatic N) is 1. The van der Waals surface area contributed by atoms with Gasteiger partial charge in [-0.1, -0.05) is 29.3 Å². The Kier molecular flexibility index (Phi) is 8.85. The maximum atomic E-state index is 13.0. The van der Waals surface area contributed by atoms with Gasteiger partial charge < -0.3 is 10.1 Å². The van der Waals surface area contributed by atoms with Crippen LogP contribution in [-0.2, 0) is 20.0 Å². The molecular weight excluding hydrogens is 538 g/mol. The summed E-state index contributed by atoms with van der Waals surface area (Å²) in [6.45, 7) is 3.93. The second kappa shape index (κ2) is 11.5. The Morgan fingerprint density at radius 1 is 0.946 bits per heavy atom. The van der Waals surface area contributed by atoms with Gasteiger partial charge in [0, 0.05) is 19.7 Å². The van der Waals surface area contributed by atoms with Crippen molar-refractivity contribution >= 4 is 43.2 Å². The van der Waals surface area contributed by atoms with Crippen LogP contribution in [-0.4, -0.2) is 54.3 Å². The molecule has 0 fully saturated rings. The van der Waals surface area contributed by atoms with Crippen molar-refractivity contribution in [3.63, 3.8) is 0 Å². The number of ether oxygens (including phenoxy) is 1. The lowest BCUT2D eigenvalue weighted by molar-refractivity contribution is 0.0946. The summed E-state index contributed by atoms with van der Waals surface area (Å²) < 4.78 is 59.4. The van der Waals surface area contributed by atoms with E-state index < -0.39 is 26.0 Å². The van der Waals surface area contributed by atoms with E-state index in [1.54, 1.807) is 19.1 Å². The first-order chi connectivity index (χ1) is 17.3. The third kappa shape index (κ3) is 7.01. The second-order valence-corrected chi connectivity index (χ2v) is 12.6. The van der Waals surface area contributed by atoms with Gasteiger partial charge in [-0.3, -0.25) is 9.52 Å². The monoisotopic (exact) mass is 565 g/mol. The SMILES string of the molecule is Cc1ccc(NS(=O)(=O)c2cc(C(=O)NCCOc3ccc(S(=O)(=O)N(C)C)cc3)ccc2Cl)c(C)c1. The van der Waals surface area contributed by atoms with Gasteiger partial charge in [0.2, 0.25) is 10.0 Å². The average molecular weight is 566 g/mol. The van der Waals surface area contributed by atoms with E-state index in [-0.39, 0.29) is 33.5 Å². The number of carbonyl (C=O) groups excluding carboxylic acids is 1. The van der Waals surface area contributed by atoms with E-state index in [9.17, 15) is 21.6 Å². The lowest BCUT2D eigenvalue weighted by Gasteiger charge is -2.14. The number of halogens is 1. The van der Waals surface area contributed by atoms with Crippen LogP contribution >= 0.6 is 11.6 Å². The molecule has 0 unspecified atom stereocenters. The van der Waals surface area contributed by atoms with Gasteiger partial charge in [0.25, 0.3) is 15.9 Å². The van der Waals surface area contributed by atoms with Gasteiger partial charge in [0.05, 0.1) is 22.2 Å². The lowest BCUT2D eigenvalue weighted by Crippen LogP contribution is -2.28. The third-order valence-electron chi connectivity index (χ3n) is 5.37. The number of sulfonamides is 2. The van der Waals surface area contributed by atoms with Crippen LogP contribution in [0.1, 0.15) is 21.5 Å². The molecule has 0 aliphatic heterocycles. The predicted molar refractivity (Wildman–Crippen MR) is 143 cm³/mol. The van der Waals surface area contributed by atoms with E-state index in [4.69, 9.17) is 16.3 Å². The molecule has 12 heteroatoms. The number of aryl methyl sites for hydroxylation is 2. The van der Waals surface area contributed by atoms with E-state index in [2.05, 4.69) is 10.0 Å². The molecule has 1 amide bonds. The Morgan fingerprint density at radius 2 is 1.62 bits per heavy atom. The number of carbonyl (C=O) groups is 1. The smallest absolute Gasteiger partial charge is 0.263 e. The molecule has 0 spiro atoms. The zero-order chi connectivity index (χ0) is 27.4. The molecule has 0 bridgehead atoms. The quantitative estimate of drug-likeness (QED) is 0.360. The number of hydrogen-bond donors (Lipinski definition) is 2. The highest BCUT2D eigenvalue weighted by Crippen LogP contribution is 2.27. The number of rotatable bonds is 10. The molecule has 0 saturated carbocycles. The lowest BCUT2D eigenvalue weighted by atomic mass is 10.1. The molecule has 0 aliphatic carbocycles. The molecule has 2 N–H and O–H groups in total. The molecule has 37 heavy (non-hydrogen) atoms. The molecule has 3 aromatic rings. The Morgan fingerprint density at radius 3 is 2.24 bits per heavy atom. The van der Waals surface area contributed by atoms with Crippen LogP contribution in [0.4, 0.5) is 5.69 Å². The molecule has 9 nitrogen and oxygen atoms in total. The van der Waals surface area contributed by atoms with Gasteiger partial charge in [-0.05, 0) is 67.9 Å². The number of benzene rings is 3. The predicted octanol–water partition coefficient (Wildman–Crippen LogP) is 3.82. The van der Waals surface area contributed by atoms with Crippen LogP contribution in [0, 0.1) is 13.8 Å². The van der Waals surface area contributed by atoms with Crippen LogP contribution in [0.25, 0.3) is 0 Å². The summed E-state index contributed by atoms with van der Waals surface area (Å²) in [4.78, 5) is 12.5. The zero-order valence-electron chi connectivity index (χ0n) is 20.8. The van der Waals surface area contributed by atoms with Gasteiger partial charge in [0.1, 0.15) is 17.3 Å². The van der Waals surface area contributed by atoms with E-state index in [0.717, 1.165) is 15.4 Å². The Bertz CT molecular complexity index is 1510. The second-order valence-electron chi connectivity index (χ2n) is 8.43. The van der Waals surface area contributed by atoms with E-state index in [0.29, 0.717) is 11.4 Å². The van der Waals surface area contributed by atoms with Crippen LogP contribution < -0.4 is 14.8 Å². The minimum atomic E-state index is -4.05. The molecule has 0 radical (unpaired) electrons. The number of hydrogen-bond acceptors (Lipinski definition) is 6. The highest BCUT2D eigenvalue weighted by Gasteiger charge is 2.21. The highest BCUT2D eigenvalue weighted by molar-refractivity contribution is 7.92. The van der Waals surface area contributed by atoms with Crippen LogP contribution in [0.2, 0.25) is 5.02 Å². The molecule has 0 atom stereocenters. The standard InChI is InChI=1S/C25H28ClN3O6S2/c1-17-5-12-23(18(2)15-17)28-36(31,32)24-16-19(6-11-22(24)26)25(30)27-13-14-35-20-7-9-21(10-8-20)37(33,34)29(3)4/h5-12,15-16,28H,13-14H2,1-4H3,(H,27,30). The van der Waals surface area contributed by atoms with Crippen molar-refractivity contribution in [2.45, 2.75) is 23.6 Å². The van der Waals surface area contributed by atoms with Crippen molar-refractivity contribution in [2.24, 2.45) is 0 Å². The van der Waals surface area contributed by atoms with Crippen molar-refractivity contribution in [1.29, 1.82) is 0 Å². The maximum absolute atomic E-state index is 13.0. The maximum Gasteiger partial charge on any atom is 0.263 e. The van der Waals surface area contributed by atoms with Crippen molar-refractivity contribution in [3.8, 4) is 5.75 Å². The normalized spacial score (nSPS) is 11.8. The summed E-state index contributed by atoms with van der Waals surface area (Å²) in [7, 11) is -4.69. The molecule has 3 aromatic carbocycles. The minimum Gasteiger partial charge on any atom is -0.492 e. The Hall–Kier alpha value is -3.12. The number of amides is 1. The summed E-state index contributed by atoms with van der Waals surface area (Å²) in [6.07, 6.45) is 0. The molecular formula is C25H28ClN3O6S2. The minimum absolute atomic E-state index is 0.0168. The van der Waals surface area contributed by atoms with Gasteiger partial charge in [-0.2, -0.15) is 0 Å². The Labute approximate surface area is 222 Å². The fourth-order valence-electron chi connectivity index (χ4n) is 3.33. The molecule has 198 valence electrons. The van der Waals surface area contributed by atoms with Crippen LogP contribution in [0.3, 0.4) is 0 Å². The topological polar surface area (TPSA) is 122 Å². The van der Waals surface area contributed by atoms with Crippen molar-refractivity contribution in [2.75, 3.05) is 32.0 Å². The van der Waals surface area contributed by atoms with Gasteiger partial charge >= 0.3 is 0 Å². The zero-order valence-corrected chi connectivity index (χ0v) is 23.2. The fourth-order valence-corrected chi connectivity index (χ4v) is 5.89. The molecule has 3 rings (SSSR count). The summed E-state index contributed by atoms with van der Waals surface area (Å²) in [5.74, 6) is -0.0695. The summed E-state index contributed by atoms with van der Waals surface area (Å²) in [6, 6.07) is 15.2.